The van der Waals surface area contributed by atoms with Crippen LogP contribution in [0.2, 0.25) is 0 Å². The molecule has 0 aromatic heterocycles. The van der Waals surface area contributed by atoms with Crippen LogP contribution in [0.4, 0.5) is 0 Å². The molecule has 4 nitrogen and oxygen atoms in total. The van der Waals surface area contributed by atoms with E-state index in [9.17, 15) is 0 Å². The zero-order valence-corrected chi connectivity index (χ0v) is 13.8. The average molecular weight is 294 g/mol. The molecule has 3 N–H and O–H groups in total. The van der Waals surface area contributed by atoms with Gasteiger partial charge in [-0.05, 0) is 57.9 Å². The molecule has 0 fully saturated rings. The Bertz CT molecular complexity index is 379. The van der Waals surface area contributed by atoms with Crippen molar-refractivity contribution < 1.29 is 9.47 Å². The van der Waals surface area contributed by atoms with Gasteiger partial charge in [-0.15, -0.1) is 0 Å². The first-order valence-corrected chi connectivity index (χ1v) is 7.78. The van der Waals surface area contributed by atoms with Crippen molar-refractivity contribution in [2.75, 3.05) is 20.3 Å². The monoisotopic (exact) mass is 294 g/mol. The van der Waals surface area contributed by atoms with E-state index in [2.05, 4.69) is 24.4 Å². The molecular formula is C17H30N2O2. The lowest BCUT2D eigenvalue weighted by Gasteiger charge is -2.23. The Hall–Kier alpha value is -1.10. The minimum atomic E-state index is 0.203. The van der Waals surface area contributed by atoms with E-state index in [1.807, 2.05) is 26.0 Å². The van der Waals surface area contributed by atoms with Crippen LogP contribution in [0, 0.1) is 0 Å². The van der Waals surface area contributed by atoms with E-state index in [0.29, 0.717) is 12.6 Å². The largest absolute Gasteiger partial charge is 0.491 e. The summed E-state index contributed by atoms with van der Waals surface area (Å²) in [4.78, 5) is 0. The minimum absolute atomic E-state index is 0.203. The number of hydrogen-bond donors (Lipinski definition) is 2. The number of ether oxygens (including phenoxy) is 2. The van der Waals surface area contributed by atoms with Gasteiger partial charge in [0, 0.05) is 19.2 Å². The van der Waals surface area contributed by atoms with Gasteiger partial charge in [0.05, 0.1) is 12.7 Å². The molecule has 1 rings (SSSR count). The van der Waals surface area contributed by atoms with E-state index in [4.69, 9.17) is 15.2 Å². The predicted molar refractivity (Wildman–Crippen MR) is 87.7 cm³/mol. The van der Waals surface area contributed by atoms with Crippen LogP contribution >= 0.6 is 0 Å². The van der Waals surface area contributed by atoms with Gasteiger partial charge < -0.3 is 20.5 Å². The van der Waals surface area contributed by atoms with E-state index in [1.165, 1.54) is 5.56 Å². The normalized spacial score (nSPS) is 14.2. The maximum Gasteiger partial charge on any atom is 0.119 e. The highest BCUT2D eigenvalue weighted by atomic mass is 16.5. The highest BCUT2D eigenvalue weighted by Gasteiger charge is 2.13. The second-order valence-corrected chi connectivity index (χ2v) is 5.71. The van der Waals surface area contributed by atoms with Crippen molar-refractivity contribution in [3.63, 3.8) is 0 Å². The second kappa shape index (κ2) is 9.77. The number of hydrogen-bond acceptors (Lipinski definition) is 4. The third-order valence-corrected chi connectivity index (χ3v) is 3.36. The minimum Gasteiger partial charge on any atom is -0.491 e. The highest BCUT2D eigenvalue weighted by Crippen LogP contribution is 2.19. The number of benzene rings is 1. The molecule has 0 bridgehead atoms. The molecule has 21 heavy (non-hydrogen) atoms. The van der Waals surface area contributed by atoms with E-state index < -0.39 is 0 Å². The molecule has 0 spiro atoms. The Morgan fingerprint density at radius 1 is 1.14 bits per heavy atom. The lowest BCUT2D eigenvalue weighted by Crippen LogP contribution is -2.35. The fourth-order valence-corrected chi connectivity index (χ4v) is 2.34. The van der Waals surface area contributed by atoms with Gasteiger partial charge in [-0.1, -0.05) is 12.1 Å². The summed E-state index contributed by atoms with van der Waals surface area (Å²) in [6.07, 6.45) is 2.24. The second-order valence-electron chi connectivity index (χ2n) is 5.71. The van der Waals surface area contributed by atoms with Crippen molar-refractivity contribution in [1.29, 1.82) is 0 Å². The Labute approximate surface area is 129 Å². The maximum atomic E-state index is 5.67. The molecule has 0 amide bonds. The third-order valence-electron chi connectivity index (χ3n) is 3.36. The smallest absolute Gasteiger partial charge is 0.119 e. The summed E-state index contributed by atoms with van der Waals surface area (Å²) in [5.41, 5.74) is 6.84. The quantitative estimate of drug-likeness (QED) is 0.696. The summed E-state index contributed by atoms with van der Waals surface area (Å²) in [5.74, 6) is 0.914. The molecular weight excluding hydrogens is 264 g/mol. The van der Waals surface area contributed by atoms with E-state index in [-0.39, 0.29) is 12.1 Å². The van der Waals surface area contributed by atoms with Gasteiger partial charge >= 0.3 is 0 Å². The molecule has 1 aromatic carbocycles. The van der Waals surface area contributed by atoms with Crippen molar-refractivity contribution in [1.82, 2.24) is 5.32 Å². The van der Waals surface area contributed by atoms with Crippen molar-refractivity contribution in [2.45, 2.75) is 51.8 Å². The Morgan fingerprint density at radius 2 is 1.81 bits per heavy atom. The van der Waals surface area contributed by atoms with Crippen LogP contribution in [0.15, 0.2) is 24.3 Å². The van der Waals surface area contributed by atoms with Crippen LogP contribution in [0.5, 0.6) is 5.75 Å². The summed E-state index contributed by atoms with van der Waals surface area (Å²) in [6.45, 7) is 7.66. The molecule has 0 aliphatic carbocycles. The summed E-state index contributed by atoms with van der Waals surface area (Å²) < 4.78 is 10.9. The fourth-order valence-electron chi connectivity index (χ4n) is 2.34. The zero-order chi connectivity index (χ0) is 15.7. The van der Waals surface area contributed by atoms with Gasteiger partial charge in [0.1, 0.15) is 5.75 Å². The van der Waals surface area contributed by atoms with Gasteiger partial charge in [0.25, 0.3) is 0 Å². The molecule has 2 atom stereocenters. The van der Waals surface area contributed by atoms with E-state index in [0.717, 1.165) is 25.1 Å². The predicted octanol–water partition coefficient (Wildman–Crippen LogP) is 2.88. The SMILES string of the molecule is COCC(CCCN)NC(C)c1ccc(OC(C)C)cc1. The van der Waals surface area contributed by atoms with Gasteiger partial charge in [-0.2, -0.15) is 0 Å². The van der Waals surface area contributed by atoms with E-state index >= 15 is 0 Å². The van der Waals surface area contributed by atoms with Crippen molar-refractivity contribution in [3.05, 3.63) is 29.8 Å². The molecule has 0 radical (unpaired) electrons. The van der Waals surface area contributed by atoms with Gasteiger partial charge in [-0.25, -0.2) is 0 Å². The first kappa shape index (κ1) is 18.0. The lowest BCUT2D eigenvalue weighted by atomic mass is 10.1. The summed E-state index contributed by atoms with van der Waals surface area (Å²) in [7, 11) is 1.74. The molecule has 0 heterocycles. The lowest BCUT2D eigenvalue weighted by molar-refractivity contribution is 0.156. The molecule has 1 aromatic rings. The number of rotatable bonds is 10. The van der Waals surface area contributed by atoms with E-state index in [1.54, 1.807) is 7.11 Å². The summed E-state index contributed by atoms with van der Waals surface area (Å²) >= 11 is 0. The molecule has 0 saturated heterocycles. The van der Waals surface area contributed by atoms with Crippen LogP contribution < -0.4 is 15.8 Å². The molecule has 0 aliphatic rings. The fraction of sp³-hybridized carbons (Fsp3) is 0.647. The molecule has 0 saturated carbocycles. The van der Waals surface area contributed by atoms with Crippen LogP contribution in [0.25, 0.3) is 0 Å². The zero-order valence-electron chi connectivity index (χ0n) is 13.8. The standard InChI is InChI=1S/C17H30N2O2/c1-13(2)21-17-9-7-15(8-10-17)14(3)19-16(12-20-4)6-5-11-18/h7-10,13-14,16,19H,5-6,11-12,18H2,1-4H3. The molecule has 0 aliphatic heterocycles. The van der Waals surface area contributed by atoms with Crippen molar-refractivity contribution in [3.8, 4) is 5.75 Å². The van der Waals surface area contributed by atoms with Crippen LogP contribution in [-0.2, 0) is 4.74 Å². The third kappa shape index (κ3) is 6.93. The summed E-state index contributed by atoms with van der Waals surface area (Å²) in [5, 5.41) is 3.61. The maximum absolute atomic E-state index is 5.67. The Kier molecular flexibility index (Phi) is 8.35. The first-order valence-electron chi connectivity index (χ1n) is 7.78. The highest BCUT2D eigenvalue weighted by molar-refractivity contribution is 5.29. The Morgan fingerprint density at radius 3 is 2.33 bits per heavy atom. The topological polar surface area (TPSA) is 56.5 Å². The molecule has 4 heteroatoms. The van der Waals surface area contributed by atoms with Crippen LogP contribution in [0.3, 0.4) is 0 Å². The number of nitrogens with two attached hydrogens (primary N) is 1. The summed E-state index contributed by atoms with van der Waals surface area (Å²) in [6, 6.07) is 8.89. The number of methoxy groups -OCH3 is 1. The van der Waals surface area contributed by atoms with Crippen molar-refractivity contribution in [2.24, 2.45) is 5.73 Å². The number of nitrogens with one attached hydrogen (secondary N) is 1. The first-order chi connectivity index (χ1) is 10.1. The van der Waals surface area contributed by atoms with Crippen molar-refractivity contribution >= 4 is 0 Å². The van der Waals surface area contributed by atoms with Gasteiger partial charge in [-0.3, -0.25) is 0 Å². The van der Waals surface area contributed by atoms with Gasteiger partial charge in [0.2, 0.25) is 0 Å². The Balaban J connectivity index is 2.57. The van der Waals surface area contributed by atoms with Crippen LogP contribution in [-0.4, -0.2) is 32.4 Å². The molecule has 120 valence electrons. The van der Waals surface area contributed by atoms with Crippen LogP contribution in [0.1, 0.15) is 45.2 Å². The average Bonchev–Trinajstić information content (AvgIpc) is 2.45. The molecule has 2 unspecified atom stereocenters. The van der Waals surface area contributed by atoms with Gasteiger partial charge in [0.15, 0.2) is 0 Å².